The molecule has 0 spiro atoms. The first-order chi connectivity index (χ1) is 8.07. The molecule has 0 aromatic rings. The second kappa shape index (κ2) is 11.0. The lowest BCUT2D eigenvalue weighted by Gasteiger charge is -2.26. The minimum Gasteiger partial charge on any atom is -0.314 e. The van der Waals surface area contributed by atoms with E-state index in [0.717, 1.165) is 19.6 Å². The van der Waals surface area contributed by atoms with E-state index in [1.165, 1.54) is 32.4 Å². The Morgan fingerprint density at radius 2 is 1.59 bits per heavy atom. The van der Waals surface area contributed by atoms with E-state index in [-0.39, 0.29) is 0 Å². The van der Waals surface area contributed by atoms with Gasteiger partial charge in [-0.05, 0) is 40.9 Å². The molecule has 0 unspecified atom stereocenters. The molecule has 0 saturated carbocycles. The maximum Gasteiger partial charge on any atom is 0.0110 e. The molecule has 3 heteroatoms. The number of unbranched alkanes of at least 4 members (excludes halogenated alkanes) is 2. The first kappa shape index (κ1) is 16.9. The third-order valence-corrected chi connectivity index (χ3v) is 3.09. The van der Waals surface area contributed by atoms with E-state index in [1.54, 1.807) is 0 Å². The molecule has 0 atom stereocenters. The Morgan fingerprint density at radius 3 is 2.12 bits per heavy atom. The Labute approximate surface area is 109 Å². The quantitative estimate of drug-likeness (QED) is 0.560. The van der Waals surface area contributed by atoms with Crippen molar-refractivity contribution in [2.45, 2.75) is 46.1 Å². The van der Waals surface area contributed by atoms with Gasteiger partial charge in [0, 0.05) is 32.2 Å². The van der Waals surface area contributed by atoms with Crippen LogP contribution in [0.25, 0.3) is 0 Å². The van der Waals surface area contributed by atoms with Gasteiger partial charge in [-0.2, -0.15) is 0 Å². The summed E-state index contributed by atoms with van der Waals surface area (Å²) in [5, 5.41) is 3.51. The number of rotatable bonds is 11. The molecule has 0 aliphatic carbocycles. The van der Waals surface area contributed by atoms with Crippen molar-refractivity contribution < 1.29 is 0 Å². The van der Waals surface area contributed by atoms with Crippen LogP contribution in [-0.4, -0.2) is 62.7 Å². The van der Waals surface area contributed by atoms with Crippen molar-refractivity contribution in [1.29, 1.82) is 0 Å². The third-order valence-electron chi connectivity index (χ3n) is 3.09. The number of nitrogens with one attached hydrogen (secondary N) is 1. The minimum absolute atomic E-state index is 0.669. The number of hydrogen-bond donors (Lipinski definition) is 1. The van der Waals surface area contributed by atoms with Crippen LogP contribution in [0.1, 0.15) is 40.0 Å². The van der Waals surface area contributed by atoms with Gasteiger partial charge in [-0.1, -0.05) is 19.8 Å². The fraction of sp³-hybridized carbons (Fsp3) is 1.00. The van der Waals surface area contributed by atoms with Crippen LogP contribution in [0.3, 0.4) is 0 Å². The van der Waals surface area contributed by atoms with Crippen LogP contribution in [-0.2, 0) is 0 Å². The molecule has 0 bridgehead atoms. The predicted octanol–water partition coefficient (Wildman–Crippen LogP) is 2.04. The van der Waals surface area contributed by atoms with Crippen molar-refractivity contribution in [2.24, 2.45) is 0 Å². The third kappa shape index (κ3) is 10.7. The Hall–Kier alpha value is -0.120. The first-order valence-electron chi connectivity index (χ1n) is 7.17. The average Bonchev–Trinajstić information content (AvgIpc) is 2.25. The van der Waals surface area contributed by atoms with Gasteiger partial charge in [0.05, 0.1) is 0 Å². The summed E-state index contributed by atoms with van der Waals surface area (Å²) in [4.78, 5) is 4.80. The van der Waals surface area contributed by atoms with E-state index in [0.29, 0.717) is 6.04 Å². The fourth-order valence-electron chi connectivity index (χ4n) is 1.84. The van der Waals surface area contributed by atoms with E-state index in [9.17, 15) is 0 Å². The Balaban J connectivity index is 3.56. The van der Waals surface area contributed by atoms with Gasteiger partial charge in [-0.25, -0.2) is 0 Å². The van der Waals surface area contributed by atoms with Crippen LogP contribution in [0.15, 0.2) is 0 Å². The highest BCUT2D eigenvalue weighted by atomic mass is 15.2. The predicted molar refractivity (Wildman–Crippen MR) is 77.7 cm³/mol. The van der Waals surface area contributed by atoms with E-state index < -0.39 is 0 Å². The molecule has 0 aliphatic rings. The molecule has 1 N–H and O–H groups in total. The lowest BCUT2D eigenvalue weighted by atomic mass is 10.2. The summed E-state index contributed by atoms with van der Waals surface area (Å²) in [6, 6.07) is 0.669. The van der Waals surface area contributed by atoms with Gasteiger partial charge in [0.15, 0.2) is 0 Å². The standard InChI is InChI=1S/C14H33N3/c1-6-7-8-11-17(14(2)3)13-10-15-9-12-16(4)5/h14-15H,6-13H2,1-5H3. The molecule has 3 nitrogen and oxygen atoms in total. The van der Waals surface area contributed by atoms with E-state index >= 15 is 0 Å². The zero-order valence-electron chi connectivity index (χ0n) is 12.6. The van der Waals surface area contributed by atoms with E-state index in [1.807, 2.05) is 0 Å². The van der Waals surface area contributed by atoms with Crippen molar-refractivity contribution in [2.75, 3.05) is 46.8 Å². The molecule has 0 fully saturated rings. The van der Waals surface area contributed by atoms with Gasteiger partial charge in [0.1, 0.15) is 0 Å². The van der Waals surface area contributed by atoms with Crippen LogP contribution in [0.2, 0.25) is 0 Å². The molecule has 0 aromatic carbocycles. The molecule has 0 saturated heterocycles. The summed E-state index contributed by atoms with van der Waals surface area (Å²) in [5.41, 5.74) is 0. The Kier molecular flexibility index (Phi) is 10.9. The molecule has 0 aromatic heterocycles. The van der Waals surface area contributed by atoms with Crippen LogP contribution in [0.5, 0.6) is 0 Å². The molecule has 0 radical (unpaired) electrons. The van der Waals surface area contributed by atoms with E-state index in [2.05, 4.69) is 50.0 Å². The van der Waals surface area contributed by atoms with Crippen molar-refractivity contribution in [3.63, 3.8) is 0 Å². The minimum atomic E-state index is 0.669. The number of hydrogen-bond acceptors (Lipinski definition) is 3. The second-order valence-corrected chi connectivity index (χ2v) is 5.39. The molecule has 0 amide bonds. The monoisotopic (exact) mass is 243 g/mol. The van der Waals surface area contributed by atoms with Gasteiger partial charge in [-0.3, -0.25) is 4.90 Å². The maximum atomic E-state index is 3.51. The molecule has 17 heavy (non-hydrogen) atoms. The Morgan fingerprint density at radius 1 is 0.941 bits per heavy atom. The normalized spacial score (nSPS) is 12.0. The zero-order valence-corrected chi connectivity index (χ0v) is 12.6. The van der Waals surface area contributed by atoms with Crippen LogP contribution in [0.4, 0.5) is 0 Å². The van der Waals surface area contributed by atoms with Crippen LogP contribution < -0.4 is 5.32 Å². The summed E-state index contributed by atoms with van der Waals surface area (Å²) in [7, 11) is 4.24. The molecule has 0 heterocycles. The van der Waals surface area contributed by atoms with E-state index in [4.69, 9.17) is 0 Å². The SMILES string of the molecule is CCCCCN(CCNCCN(C)C)C(C)C. The maximum absolute atomic E-state index is 3.51. The molecular formula is C14H33N3. The Bertz CT molecular complexity index is 158. The van der Waals surface area contributed by atoms with Crippen molar-refractivity contribution >= 4 is 0 Å². The highest BCUT2D eigenvalue weighted by molar-refractivity contribution is 4.64. The van der Waals surface area contributed by atoms with Gasteiger partial charge in [0.2, 0.25) is 0 Å². The van der Waals surface area contributed by atoms with Gasteiger partial charge in [-0.15, -0.1) is 0 Å². The number of likely N-dealkylation sites (N-methyl/N-ethyl adjacent to an activating group) is 1. The summed E-state index contributed by atoms with van der Waals surface area (Å²) in [5.74, 6) is 0. The highest BCUT2D eigenvalue weighted by Gasteiger charge is 2.07. The summed E-state index contributed by atoms with van der Waals surface area (Å²) >= 11 is 0. The van der Waals surface area contributed by atoms with Crippen LogP contribution >= 0.6 is 0 Å². The second-order valence-electron chi connectivity index (χ2n) is 5.39. The van der Waals surface area contributed by atoms with Gasteiger partial charge in [0.25, 0.3) is 0 Å². The first-order valence-corrected chi connectivity index (χ1v) is 7.17. The summed E-state index contributed by atoms with van der Waals surface area (Å²) in [6.07, 6.45) is 4.01. The topological polar surface area (TPSA) is 18.5 Å². The van der Waals surface area contributed by atoms with Crippen molar-refractivity contribution in [1.82, 2.24) is 15.1 Å². The van der Waals surface area contributed by atoms with Crippen LogP contribution in [0, 0.1) is 0 Å². The lowest BCUT2D eigenvalue weighted by Crippen LogP contribution is -2.39. The molecule has 0 aliphatic heterocycles. The fourth-order valence-corrected chi connectivity index (χ4v) is 1.84. The zero-order chi connectivity index (χ0) is 13.1. The summed E-state index contributed by atoms with van der Waals surface area (Å²) < 4.78 is 0. The lowest BCUT2D eigenvalue weighted by molar-refractivity contribution is 0.217. The molecule has 0 rings (SSSR count). The largest absolute Gasteiger partial charge is 0.314 e. The van der Waals surface area contributed by atoms with Gasteiger partial charge < -0.3 is 10.2 Å². The van der Waals surface area contributed by atoms with Crippen molar-refractivity contribution in [3.05, 3.63) is 0 Å². The number of nitrogens with zero attached hydrogens (tertiary/aromatic N) is 2. The average molecular weight is 243 g/mol. The highest BCUT2D eigenvalue weighted by Crippen LogP contribution is 2.02. The smallest absolute Gasteiger partial charge is 0.0110 e. The molecular weight excluding hydrogens is 210 g/mol. The summed E-state index contributed by atoms with van der Waals surface area (Å²) in [6.45, 7) is 12.6. The van der Waals surface area contributed by atoms with Gasteiger partial charge >= 0.3 is 0 Å². The van der Waals surface area contributed by atoms with Crippen molar-refractivity contribution in [3.8, 4) is 0 Å². The molecule has 104 valence electrons.